The van der Waals surface area contributed by atoms with E-state index in [0.717, 1.165) is 6.42 Å². The van der Waals surface area contributed by atoms with Crippen LogP contribution in [0.15, 0.2) is 0 Å². The van der Waals surface area contributed by atoms with Crippen LogP contribution in [0.2, 0.25) is 0 Å². The molecule has 3 heteroatoms. The Bertz CT molecular complexity index is 31.9. The molecule has 0 aromatic rings. The van der Waals surface area contributed by atoms with Crippen LogP contribution in [0, 0.1) is 5.92 Å². The van der Waals surface area contributed by atoms with Crippen molar-refractivity contribution in [1.29, 1.82) is 0 Å². The van der Waals surface area contributed by atoms with Crippen LogP contribution in [-0.4, -0.2) is 18.3 Å². The minimum Gasteiger partial charge on any atom is -0.854 e. The molecule has 0 bridgehead atoms. The zero-order valence-corrected chi connectivity index (χ0v) is 7.55. The monoisotopic (exact) mass is 126 g/mol. The second-order valence-electron chi connectivity index (χ2n) is 1.62. The molecular weight excluding hydrogens is 115 g/mol. The number of aliphatic hydroxyl groups is 1. The Morgan fingerprint density at radius 1 is 1.62 bits per heavy atom. The van der Waals surface area contributed by atoms with Gasteiger partial charge in [0.2, 0.25) is 0 Å². The summed E-state index contributed by atoms with van der Waals surface area (Å²) in [6, 6.07) is 0. The van der Waals surface area contributed by atoms with E-state index in [4.69, 9.17) is 5.11 Å². The first-order valence-corrected chi connectivity index (χ1v) is 2.54. The third kappa shape index (κ3) is 5.06. The fourth-order valence-electron chi connectivity index (χ4n) is 0.300. The van der Waals surface area contributed by atoms with Gasteiger partial charge in [-0.05, 0) is 5.92 Å². The number of rotatable bonds is 3. The maximum atomic E-state index is 9.93. The third-order valence-electron chi connectivity index (χ3n) is 1.07. The summed E-state index contributed by atoms with van der Waals surface area (Å²) in [6.45, 7) is 1.80. The molecular formula is C5H11NaO2. The molecule has 0 aromatic heterocycles. The molecule has 44 valence electrons. The largest absolute Gasteiger partial charge is 1.00 e. The topological polar surface area (TPSA) is 43.3 Å². The first-order chi connectivity index (χ1) is 3.35. The zero-order valence-electron chi connectivity index (χ0n) is 5.55. The van der Waals surface area contributed by atoms with Gasteiger partial charge in [0, 0.05) is 6.61 Å². The van der Waals surface area contributed by atoms with Crippen molar-refractivity contribution in [3.63, 3.8) is 0 Å². The molecule has 0 saturated carbocycles. The van der Waals surface area contributed by atoms with Crippen LogP contribution in [0.4, 0.5) is 0 Å². The smallest absolute Gasteiger partial charge is 0.854 e. The van der Waals surface area contributed by atoms with Crippen molar-refractivity contribution in [3.05, 3.63) is 0 Å². The Hall–Kier alpha value is 0.920. The molecule has 8 heavy (non-hydrogen) atoms. The Balaban J connectivity index is 0. The normalized spacial score (nSPS) is 12.4. The summed E-state index contributed by atoms with van der Waals surface area (Å²) >= 11 is 0. The molecule has 1 atom stereocenters. The van der Waals surface area contributed by atoms with Gasteiger partial charge in [0.15, 0.2) is 0 Å². The predicted molar refractivity (Wildman–Crippen MR) is 25.7 cm³/mol. The summed E-state index contributed by atoms with van der Waals surface area (Å²) in [5, 5.41) is 18.3. The van der Waals surface area contributed by atoms with E-state index in [0.29, 0.717) is 0 Å². The second kappa shape index (κ2) is 7.92. The molecule has 1 unspecified atom stereocenters. The molecule has 0 aliphatic rings. The van der Waals surface area contributed by atoms with Gasteiger partial charge in [0.25, 0.3) is 0 Å². The Kier molecular flexibility index (Phi) is 11.6. The van der Waals surface area contributed by atoms with Crippen molar-refractivity contribution < 1.29 is 39.8 Å². The van der Waals surface area contributed by atoms with Gasteiger partial charge in [-0.25, -0.2) is 0 Å². The van der Waals surface area contributed by atoms with E-state index in [1.54, 1.807) is 0 Å². The molecule has 0 spiro atoms. The molecule has 0 heterocycles. The summed E-state index contributed by atoms with van der Waals surface area (Å²) in [4.78, 5) is 0. The van der Waals surface area contributed by atoms with Gasteiger partial charge in [-0.1, -0.05) is 13.3 Å². The van der Waals surface area contributed by atoms with Crippen LogP contribution in [0.5, 0.6) is 0 Å². The molecule has 1 N–H and O–H groups in total. The van der Waals surface area contributed by atoms with Crippen molar-refractivity contribution in [3.8, 4) is 0 Å². The number of hydrogen-bond acceptors (Lipinski definition) is 2. The Labute approximate surface area is 72.2 Å². The number of aliphatic hydroxyl groups excluding tert-OH is 1. The fraction of sp³-hybridized carbons (Fsp3) is 1.00. The molecule has 0 radical (unpaired) electrons. The quantitative estimate of drug-likeness (QED) is 0.396. The molecule has 0 rings (SSSR count). The van der Waals surface area contributed by atoms with Crippen molar-refractivity contribution in [2.75, 3.05) is 13.2 Å². The second-order valence-corrected chi connectivity index (χ2v) is 1.62. The van der Waals surface area contributed by atoms with E-state index in [1.165, 1.54) is 0 Å². The zero-order chi connectivity index (χ0) is 5.70. The molecule has 0 aliphatic carbocycles. The standard InChI is InChI=1S/C5H11O2.Na/c1-2-5(3-6)4-7;/h5-6H,2-4H2,1H3;/q-1;+1. The molecule has 0 saturated heterocycles. The van der Waals surface area contributed by atoms with Crippen LogP contribution in [-0.2, 0) is 0 Å². The van der Waals surface area contributed by atoms with Crippen LogP contribution in [0.25, 0.3) is 0 Å². The summed E-state index contributed by atoms with van der Waals surface area (Å²) in [5.74, 6) is -0.0139. The Morgan fingerprint density at radius 3 is 2.12 bits per heavy atom. The molecule has 0 aliphatic heterocycles. The predicted octanol–water partition coefficient (Wildman–Crippen LogP) is -3.63. The number of hydrogen-bond donors (Lipinski definition) is 1. The van der Waals surface area contributed by atoms with Gasteiger partial charge >= 0.3 is 29.6 Å². The summed E-state index contributed by atoms with van der Waals surface area (Å²) in [6.07, 6.45) is 0.792. The summed E-state index contributed by atoms with van der Waals surface area (Å²) < 4.78 is 0. The van der Waals surface area contributed by atoms with Gasteiger partial charge in [-0.2, -0.15) is 0 Å². The van der Waals surface area contributed by atoms with Crippen LogP contribution in [0.3, 0.4) is 0 Å². The first-order valence-electron chi connectivity index (χ1n) is 2.54. The summed E-state index contributed by atoms with van der Waals surface area (Å²) in [5.41, 5.74) is 0. The average Bonchev–Trinajstić information content (AvgIpc) is 1.72. The minimum absolute atomic E-state index is 0. The van der Waals surface area contributed by atoms with E-state index >= 15 is 0 Å². The van der Waals surface area contributed by atoms with Crippen LogP contribution < -0.4 is 34.7 Å². The van der Waals surface area contributed by atoms with Gasteiger partial charge in [0.1, 0.15) is 0 Å². The van der Waals surface area contributed by atoms with Gasteiger partial charge in [0.05, 0.1) is 0 Å². The van der Waals surface area contributed by atoms with E-state index in [-0.39, 0.29) is 48.7 Å². The van der Waals surface area contributed by atoms with Gasteiger partial charge in [-0.3, -0.25) is 0 Å². The minimum atomic E-state index is -0.146. The van der Waals surface area contributed by atoms with E-state index < -0.39 is 0 Å². The SMILES string of the molecule is CCC(C[O-])CO.[Na+]. The van der Waals surface area contributed by atoms with E-state index in [2.05, 4.69) is 0 Å². The van der Waals surface area contributed by atoms with Gasteiger partial charge in [-0.15, -0.1) is 6.61 Å². The fourth-order valence-corrected chi connectivity index (χ4v) is 0.300. The van der Waals surface area contributed by atoms with E-state index in [1.807, 2.05) is 6.92 Å². The molecule has 0 amide bonds. The third-order valence-corrected chi connectivity index (χ3v) is 1.07. The first kappa shape index (κ1) is 11.7. The van der Waals surface area contributed by atoms with Crippen molar-refractivity contribution in [1.82, 2.24) is 0 Å². The maximum Gasteiger partial charge on any atom is 1.00 e. The van der Waals surface area contributed by atoms with Crippen molar-refractivity contribution in [2.45, 2.75) is 13.3 Å². The van der Waals surface area contributed by atoms with E-state index in [9.17, 15) is 5.11 Å². The van der Waals surface area contributed by atoms with Gasteiger partial charge < -0.3 is 10.2 Å². The maximum absolute atomic E-state index is 9.93. The molecule has 0 fully saturated rings. The Morgan fingerprint density at radius 2 is 2.12 bits per heavy atom. The van der Waals surface area contributed by atoms with Crippen LogP contribution in [0.1, 0.15) is 13.3 Å². The summed E-state index contributed by atoms with van der Waals surface area (Å²) in [7, 11) is 0. The van der Waals surface area contributed by atoms with Crippen molar-refractivity contribution in [2.24, 2.45) is 5.92 Å². The molecule has 2 nitrogen and oxygen atoms in total. The van der Waals surface area contributed by atoms with Crippen LogP contribution >= 0.6 is 0 Å². The molecule has 0 aromatic carbocycles. The van der Waals surface area contributed by atoms with Crippen molar-refractivity contribution >= 4 is 0 Å². The average molecular weight is 126 g/mol.